The lowest BCUT2D eigenvalue weighted by Crippen LogP contribution is -2.51. The normalized spacial score (nSPS) is 16.2. The van der Waals surface area contributed by atoms with Crippen molar-refractivity contribution in [2.45, 2.75) is 39.9 Å². The van der Waals surface area contributed by atoms with E-state index in [9.17, 15) is 4.79 Å². The standard InChI is InChI=1S/C15H20O4/c1-11(16)17-10-9-15(14(2,3)4)18-12-7-5-6-8-13(12)19-15/h5-8H,9-10H2,1-4H3. The first kappa shape index (κ1) is 13.7. The molecule has 0 saturated heterocycles. The number of carbonyl (C=O) groups excluding carboxylic acids is 1. The van der Waals surface area contributed by atoms with Crippen molar-refractivity contribution < 1.29 is 19.0 Å². The van der Waals surface area contributed by atoms with Gasteiger partial charge in [0.15, 0.2) is 11.5 Å². The third-order valence-electron chi connectivity index (χ3n) is 3.28. The number of hydrogen-bond acceptors (Lipinski definition) is 4. The fourth-order valence-corrected chi connectivity index (χ4v) is 2.11. The number of esters is 1. The molecule has 0 bridgehead atoms. The van der Waals surface area contributed by atoms with E-state index in [1.807, 2.05) is 45.0 Å². The molecule has 0 aromatic heterocycles. The lowest BCUT2D eigenvalue weighted by Gasteiger charge is -2.39. The first-order valence-corrected chi connectivity index (χ1v) is 6.44. The van der Waals surface area contributed by atoms with Crippen molar-refractivity contribution in [3.05, 3.63) is 24.3 Å². The molecule has 0 saturated carbocycles. The van der Waals surface area contributed by atoms with E-state index in [1.165, 1.54) is 6.92 Å². The number of fused-ring (bicyclic) bond motifs is 1. The van der Waals surface area contributed by atoms with Gasteiger partial charge in [-0.25, -0.2) is 0 Å². The van der Waals surface area contributed by atoms with Gasteiger partial charge in [-0.1, -0.05) is 32.9 Å². The molecule has 0 atom stereocenters. The molecule has 1 aromatic carbocycles. The van der Waals surface area contributed by atoms with E-state index in [4.69, 9.17) is 14.2 Å². The van der Waals surface area contributed by atoms with E-state index >= 15 is 0 Å². The molecule has 0 radical (unpaired) electrons. The van der Waals surface area contributed by atoms with Crippen LogP contribution in [-0.2, 0) is 9.53 Å². The van der Waals surface area contributed by atoms with E-state index < -0.39 is 5.79 Å². The molecule has 2 rings (SSSR count). The van der Waals surface area contributed by atoms with Gasteiger partial charge in [0.25, 0.3) is 5.79 Å². The Morgan fingerprint density at radius 2 is 1.74 bits per heavy atom. The molecule has 0 fully saturated rings. The van der Waals surface area contributed by atoms with Crippen molar-refractivity contribution in [2.24, 2.45) is 5.41 Å². The number of hydrogen-bond donors (Lipinski definition) is 0. The molecular formula is C15H20O4. The molecule has 4 nitrogen and oxygen atoms in total. The van der Waals surface area contributed by atoms with Crippen LogP contribution in [-0.4, -0.2) is 18.4 Å². The summed E-state index contributed by atoms with van der Waals surface area (Å²) < 4.78 is 17.1. The van der Waals surface area contributed by atoms with Crippen LogP contribution in [0.3, 0.4) is 0 Å². The van der Waals surface area contributed by atoms with Crippen LogP contribution in [0.5, 0.6) is 11.5 Å². The molecule has 4 heteroatoms. The zero-order valence-electron chi connectivity index (χ0n) is 11.9. The summed E-state index contributed by atoms with van der Waals surface area (Å²) in [4.78, 5) is 10.9. The topological polar surface area (TPSA) is 44.8 Å². The van der Waals surface area contributed by atoms with Crippen LogP contribution in [0.25, 0.3) is 0 Å². The summed E-state index contributed by atoms with van der Waals surface area (Å²) in [6, 6.07) is 7.59. The summed E-state index contributed by atoms with van der Waals surface area (Å²) in [7, 11) is 0. The molecule has 19 heavy (non-hydrogen) atoms. The Balaban J connectivity index is 2.18. The summed E-state index contributed by atoms with van der Waals surface area (Å²) in [5.41, 5.74) is -0.244. The van der Waals surface area contributed by atoms with E-state index in [-0.39, 0.29) is 18.0 Å². The van der Waals surface area contributed by atoms with Gasteiger partial charge < -0.3 is 14.2 Å². The zero-order chi connectivity index (χ0) is 14.1. The van der Waals surface area contributed by atoms with Gasteiger partial charge in [-0.15, -0.1) is 0 Å². The van der Waals surface area contributed by atoms with E-state index in [1.54, 1.807) is 0 Å². The van der Waals surface area contributed by atoms with Gasteiger partial charge in [-0.2, -0.15) is 0 Å². The highest BCUT2D eigenvalue weighted by molar-refractivity contribution is 5.65. The summed E-state index contributed by atoms with van der Waals surface area (Å²) in [5.74, 6) is 0.381. The average molecular weight is 264 g/mol. The summed E-state index contributed by atoms with van der Waals surface area (Å²) in [6.45, 7) is 7.82. The molecule has 0 unspecified atom stereocenters. The highest BCUT2D eigenvalue weighted by Gasteiger charge is 2.51. The highest BCUT2D eigenvalue weighted by Crippen LogP contribution is 2.48. The van der Waals surface area contributed by atoms with Crippen molar-refractivity contribution in [3.8, 4) is 11.5 Å². The Morgan fingerprint density at radius 3 is 2.16 bits per heavy atom. The van der Waals surface area contributed by atoms with Crippen LogP contribution in [0.4, 0.5) is 0 Å². The van der Waals surface area contributed by atoms with Gasteiger partial charge in [0, 0.05) is 12.3 Å². The molecule has 0 N–H and O–H groups in total. The Kier molecular flexibility index (Phi) is 3.43. The first-order valence-electron chi connectivity index (χ1n) is 6.44. The Hall–Kier alpha value is -1.71. The minimum atomic E-state index is -0.799. The third-order valence-corrected chi connectivity index (χ3v) is 3.28. The maximum absolute atomic E-state index is 10.9. The van der Waals surface area contributed by atoms with Crippen LogP contribution < -0.4 is 9.47 Å². The second-order valence-electron chi connectivity index (χ2n) is 5.74. The number of carbonyl (C=O) groups is 1. The van der Waals surface area contributed by atoms with Crippen molar-refractivity contribution in [1.82, 2.24) is 0 Å². The number of para-hydroxylation sites is 2. The maximum atomic E-state index is 10.9. The highest BCUT2D eigenvalue weighted by atomic mass is 16.7. The largest absolute Gasteiger partial charge is 0.466 e. The summed E-state index contributed by atoms with van der Waals surface area (Å²) >= 11 is 0. The van der Waals surface area contributed by atoms with E-state index in [0.717, 1.165) is 11.5 Å². The predicted octanol–water partition coefficient (Wildman–Crippen LogP) is 3.15. The summed E-state index contributed by atoms with van der Waals surface area (Å²) in [5, 5.41) is 0. The van der Waals surface area contributed by atoms with Crippen LogP contribution in [0, 0.1) is 5.41 Å². The van der Waals surface area contributed by atoms with Gasteiger partial charge in [0.1, 0.15) is 0 Å². The smallest absolute Gasteiger partial charge is 0.302 e. The second kappa shape index (κ2) is 4.76. The van der Waals surface area contributed by atoms with Crippen LogP contribution in [0.15, 0.2) is 24.3 Å². The molecule has 104 valence electrons. The Morgan fingerprint density at radius 1 is 1.21 bits per heavy atom. The van der Waals surface area contributed by atoms with Gasteiger partial charge in [0.2, 0.25) is 0 Å². The second-order valence-corrected chi connectivity index (χ2v) is 5.74. The Labute approximate surface area is 113 Å². The molecular weight excluding hydrogens is 244 g/mol. The van der Waals surface area contributed by atoms with Crippen LogP contribution in [0.1, 0.15) is 34.1 Å². The number of benzene rings is 1. The van der Waals surface area contributed by atoms with Gasteiger partial charge in [-0.3, -0.25) is 4.79 Å². The van der Waals surface area contributed by atoms with Gasteiger partial charge in [0.05, 0.1) is 13.0 Å². The van der Waals surface area contributed by atoms with Crippen LogP contribution in [0.2, 0.25) is 0 Å². The fourth-order valence-electron chi connectivity index (χ4n) is 2.11. The molecule has 0 spiro atoms. The van der Waals surface area contributed by atoms with Gasteiger partial charge >= 0.3 is 5.97 Å². The average Bonchev–Trinajstić information content (AvgIpc) is 2.67. The number of ether oxygens (including phenoxy) is 3. The van der Waals surface area contributed by atoms with E-state index in [2.05, 4.69) is 0 Å². The zero-order valence-corrected chi connectivity index (χ0v) is 11.9. The van der Waals surface area contributed by atoms with Gasteiger partial charge in [-0.05, 0) is 12.1 Å². The molecule has 1 aliphatic heterocycles. The monoisotopic (exact) mass is 264 g/mol. The quantitative estimate of drug-likeness (QED) is 0.787. The van der Waals surface area contributed by atoms with Crippen molar-refractivity contribution in [1.29, 1.82) is 0 Å². The number of rotatable bonds is 3. The summed E-state index contributed by atoms with van der Waals surface area (Å²) in [6.07, 6.45) is 0.491. The SMILES string of the molecule is CC(=O)OCCC1(C(C)(C)C)Oc2ccccc2O1. The van der Waals surface area contributed by atoms with Crippen LogP contribution >= 0.6 is 0 Å². The molecule has 0 amide bonds. The van der Waals surface area contributed by atoms with Crippen molar-refractivity contribution >= 4 is 5.97 Å². The Bertz CT molecular complexity index is 448. The lowest BCUT2D eigenvalue weighted by molar-refractivity contribution is -0.175. The van der Waals surface area contributed by atoms with Crippen molar-refractivity contribution in [3.63, 3.8) is 0 Å². The first-order chi connectivity index (χ1) is 8.84. The van der Waals surface area contributed by atoms with E-state index in [0.29, 0.717) is 6.42 Å². The predicted molar refractivity (Wildman–Crippen MR) is 71.1 cm³/mol. The molecule has 0 aliphatic carbocycles. The minimum absolute atomic E-state index is 0.244. The van der Waals surface area contributed by atoms with Crippen molar-refractivity contribution in [2.75, 3.05) is 6.61 Å². The molecule has 1 aromatic rings. The maximum Gasteiger partial charge on any atom is 0.302 e. The molecule has 1 aliphatic rings. The minimum Gasteiger partial charge on any atom is -0.466 e. The lowest BCUT2D eigenvalue weighted by atomic mass is 9.83. The molecule has 1 heterocycles. The fraction of sp³-hybridized carbons (Fsp3) is 0.533. The third kappa shape index (κ3) is 2.67.